The number of nitrogens with one attached hydrogen (secondary N) is 1. The Hall–Kier alpha value is -3.22. The number of likely N-dealkylation sites (tertiary alicyclic amines) is 1. The van der Waals surface area contributed by atoms with Crippen LogP contribution in [-0.2, 0) is 19.6 Å². The summed E-state index contributed by atoms with van der Waals surface area (Å²) in [6, 6.07) is 8.42. The van der Waals surface area contributed by atoms with E-state index in [0.717, 1.165) is 24.7 Å². The van der Waals surface area contributed by atoms with Gasteiger partial charge in [-0.1, -0.05) is 19.4 Å². The van der Waals surface area contributed by atoms with Crippen LogP contribution < -0.4 is 19.1 Å². The molecule has 38 heavy (non-hydrogen) atoms. The minimum absolute atomic E-state index is 0.00696. The van der Waals surface area contributed by atoms with Gasteiger partial charge < -0.3 is 19.5 Å². The third-order valence-corrected chi connectivity index (χ3v) is 7.72. The summed E-state index contributed by atoms with van der Waals surface area (Å²) >= 11 is 0. The quantitative estimate of drug-likeness (QED) is 0.410. The van der Waals surface area contributed by atoms with E-state index in [1.165, 1.54) is 0 Å². The summed E-state index contributed by atoms with van der Waals surface area (Å²) in [6.45, 7) is 3.05. The van der Waals surface area contributed by atoms with Crippen LogP contribution in [-0.4, -0.2) is 80.6 Å². The highest BCUT2D eigenvalue weighted by Gasteiger charge is 2.47. The standard InChI is InChI=1S/C26H34N4O7S/c1-3-4-12-30(19-6-5-10-27-14-19)24(31)16-29-15-20(18-7-8-22-23(13-18)37-17-36-22)25(26(32)33)21(29)9-11-28-38(2,34)35/h5-8,10,13-14,20-21,25,28H,3-4,9,11-12,15-17H2,1-2H3,(H,32,33)/t20-,21+,25?/m1/s1. The number of amides is 1. The zero-order valence-corrected chi connectivity index (χ0v) is 22.4. The van der Waals surface area contributed by atoms with Crippen molar-refractivity contribution in [2.45, 2.75) is 38.1 Å². The number of aliphatic carboxylic acids is 1. The molecular formula is C26H34N4O7S. The molecule has 206 valence electrons. The van der Waals surface area contributed by atoms with Gasteiger partial charge in [0.25, 0.3) is 0 Å². The molecule has 2 aromatic rings. The molecule has 0 saturated carbocycles. The SMILES string of the molecule is CCCCN(C(=O)CN1C[C@H](c2ccc3c(c2)OCO3)C(C(=O)O)[C@@H]1CCNS(C)(=O)=O)c1cccnc1. The summed E-state index contributed by atoms with van der Waals surface area (Å²) in [5.41, 5.74) is 1.45. The van der Waals surface area contributed by atoms with Gasteiger partial charge in [-0.2, -0.15) is 0 Å². The van der Waals surface area contributed by atoms with Gasteiger partial charge in [0.15, 0.2) is 11.5 Å². The van der Waals surface area contributed by atoms with Gasteiger partial charge in [-0.3, -0.25) is 19.5 Å². The fourth-order valence-electron chi connectivity index (χ4n) is 5.21. The van der Waals surface area contributed by atoms with Crippen LogP contribution in [0.15, 0.2) is 42.7 Å². The highest BCUT2D eigenvalue weighted by molar-refractivity contribution is 7.88. The Balaban J connectivity index is 1.62. The van der Waals surface area contributed by atoms with Crippen molar-refractivity contribution in [3.63, 3.8) is 0 Å². The van der Waals surface area contributed by atoms with Crippen LogP contribution in [0.25, 0.3) is 0 Å². The van der Waals surface area contributed by atoms with Crippen LogP contribution >= 0.6 is 0 Å². The second kappa shape index (κ2) is 12.1. The first-order chi connectivity index (χ1) is 18.2. The number of nitrogens with zero attached hydrogens (tertiary/aromatic N) is 3. The molecule has 1 unspecified atom stereocenters. The monoisotopic (exact) mass is 546 g/mol. The molecule has 0 radical (unpaired) electrons. The fraction of sp³-hybridized carbons (Fsp3) is 0.500. The molecule has 2 aliphatic rings. The highest BCUT2D eigenvalue weighted by atomic mass is 32.2. The average Bonchev–Trinajstić information content (AvgIpc) is 3.48. The molecule has 1 amide bonds. The van der Waals surface area contributed by atoms with E-state index in [-0.39, 0.29) is 32.2 Å². The van der Waals surface area contributed by atoms with Gasteiger partial charge in [0, 0.05) is 37.8 Å². The van der Waals surface area contributed by atoms with Crippen molar-refractivity contribution in [3.05, 3.63) is 48.3 Å². The zero-order chi connectivity index (χ0) is 27.3. The second-order valence-electron chi connectivity index (χ2n) is 9.65. The van der Waals surface area contributed by atoms with Crippen molar-refractivity contribution in [3.8, 4) is 11.5 Å². The second-order valence-corrected chi connectivity index (χ2v) is 11.5. The number of carbonyl (C=O) groups is 2. The molecular weight excluding hydrogens is 512 g/mol. The first-order valence-corrected chi connectivity index (χ1v) is 14.6. The normalized spacial score (nSPS) is 20.9. The number of fused-ring (bicyclic) bond motifs is 1. The summed E-state index contributed by atoms with van der Waals surface area (Å²) in [7, 11) is -3.45. The molecule has 4 rings (SSSR count). The number of hydrogen-bond donors (Lipinski definition) is 2. The lowest BCUT2D eigenvalue weighted by Crippen LogP contribution is -2.45. The Morgan fingerprint density at radius 1 is 1.24 bits per heavy atom. The predicted octanol–water partition coefficient (Wildman–Crippen LogP) is 2.05. The average molecular weight is 547 g/mol. The van der Waals surface area contributed by atoms with E-state index in [1.54, 1.807) is 35.5 Å². The van der Waals surface area contributed by atoms with Crippen LogP contribution in [0.1, 0.15) is 37.7 Å². The molecule has 1 fully saturated rings. The summed E-state index contributed by atoms with van der Waals surface area (Å²) in [4.78, 5) is 33.9. The lowest BCUT2D eigenvalue weighted by molar-refractivity contribution is -0.143. The maximum absolute atomic E-state index is 13.6. The van der Waals surface area contributed by atoms with E-state index in [0.29, 0.717) is 30.3 Å². The molecule has 1 aromatic carbocycles. The number of ether oxygens (including phenoxy) is 2. The number of carboxylic acids is 1. The van der Waals surface area contributed by atoms with E-state index in [2.05, 4.69) is 9.71 Å². The van der Waals surface area contributed by atoms with Crippen LogP contribution in [0, 0.1) is 5.92 Å². The molecule has 1 aromatic heterocycles. The number of hydrogen-bond acceptors (Lipinski definition) is 8. The van der Waals surface area contributed by atoms with Crippen molar-refractivity contribution < 1.29 is 32.6 Å². The van der Waals surface area contributed by atoms with Crippen LogP contribution in [0.2, 0.25) is 0 Å². The number of carboxylic acid groups (broad SMARTS) is 1. The van der Waals surface area contributed by atoms with Crippen molar-refractivity contribution in [1.82, 2.24) is 14.6 Å². The lowest BCUT2D eigenvalue weighted by atomic mass is 9.84. The number of pyridine rings is 1. The zero-order valence-electron chi connectivity index (χ0n) is 21.6. The Kier molecular flexibility index (Phi) is 8.85. The Morgan fingerprint density at radius 3 is 2.71 bits per heavy atom. The lowest BCUT2D eigenvalue weighted by Gasteiger charge is -2.29. The van der Waals surface area contributed by atoms with Crippen LogP contribution in [0.5, 0.6) is 11.5 Å². The van der Waals surface area contributed by atoms with Gasteiger partial charge in [-0.05, 0) is 42.7 Å². The maximum atomic E-state index is 13.6. The minimum atomic E-state index is -3.45. The van der Waals surface area contributed by atoms with Crippen LogP contribution in [0.4, 0.5) is 5.69 Å². The minimum Gasteiger partial charge on any atom is -0.481 e. The maximum Gasteiger partial charge on any atom is 0.308 e. The Bertz CT molecular complexity index is 1240. The Labute approximate surface area is 222 Å². The fourth-order valence-corrected chi connectivity index (χ4v) is 5.70. The largest absolute Gasteiger partial charge is 0.481 e. The van der Waals surface area contributed by atoms with E-state index in [4.69, 9.17) is 9.47 Å². The van der Waals surface area contributed by atoms with Gasteiger partial charge in [0.05, 0.1) is 30.6 Å². The molecule has 3 atom stereocenters. The third kappa shape index (κ3) is 6.61. The van der Waals surface area contributed by atoms with Crippen molar-refractivity contribution >= 4 is 27.6 Å². The number of rotatable bonds is 12. The Morgan fingerprint density at radius 2 is 2.03 bits per heavy atom. The number of unbranched alkanes of at least 4 members (excludes halogenated alkanes) is 1. The molecule has 12 heteroatoms. The molecule has 0 spiro atoms. The van der Waals surface area contributed by atoms with Gasteiger partial charge in [0.1, 0.15) is 0 Å². The molecule has 11 nitrogen and oxygen atoms in total. The van der Waals surface area contributed by atoms with E-state index >= 15 is 0 Å². The van der Waals surface area contributed by atoms with Gasteiger partial charge >= 0.3 is 5.97 Å². The van der Waals surface area contributed by atoms with Gasteiger partial charge in [0.2, 0.25) is 22.7 Å². The molecule has 2 N–H and O–H groups in total. The summed E-state index contributed by atoms with van der Waals surface area (Å²) in [5, 5.41) is 10.3. The summed E-state index contributed by atoms with van der Waals surface area (Å²) in [6.07, 6.45) is 6.29. The molecule has 0 bridgehead atoms. The number of aromatic nitrogens is 1. The third-order valence-electron chi connectivity index (χ3n) is 6.99. The van der Waals surface area contributed by atoms with Gasteiger partial charge in [-0.25, -0.2) is 13.1 Å². The van der Waals surface area contributed by atoms with Crippen molar-refractivity contribution in [1.29, 1.82) is 0 Å². The smallest absolute Gasteiger partial charge is 0.308 e. The highest BCUT2D eigenvalue weighted by Crippen LogP contribution is 2.42. The van der Waals surface area contributed by atoms with Gasteiger partial charge in [-0.15, -0.1) is 0 Å². The summed E-state index contributed by atoms with van der Waals surface area (Å²) < 4.78 is 36.7. The first kappa shape index (κ1) is 27.8. The number of carbonyl (C=O) groups excluding carboxylic acids is 1. The van der Waals surface area contributed by atoms with Crippen LogP contribution in [0.3, 0.4) is 0 Å². The number of sulfonamides is 1. The molecule has 3 heterocycles. The van der Waals surface area contributed by atoms with Crippen molar-refractivity contribution in [2.75, 3.05) is 44.1 Å². The van der Waals surface area contributed by atoms with E-state index in [1.807, 2.05) is 24.0 Å². The topological polar surface area (TPSA) is 138 Å². The predicted molar refractivity (Wildman–Crippen MR) is 141 cm³/mol. The first-order valence-electron chi connectivity index (χ1n) is 12.7. The van der Waals surface area contributed by atoms with Crippen molar-refractivity contribution in [2.24, 2.45) is 5.92 Å². The van der Waals surface area contributed by atoms with E-state index in [9.17, 15) is 23.1 Å². The number of anilines is 1. The molecule has 2 aliphatic heterocycles. The number of benzene rings is 1. The van der Waals surface area contributed by atoms with E-state index < -0.39 is 33.9 Å². The molecule has 1 saturated heterocycles. The molecule has 0 aliphatic carbocycles. The summed E-state index contributed by atoms with van der Waals surface area (Å²) in [5.74, 6) is -1.29.